The molecule has 0 radical (unpaired) electrons. The number of hydrogen-bond acceptors (Lipinski definition) is 2. The van der Waals surface area contributed by atoms with Crippen molar-refractivity contribution < 1.29 is 0 Å². The van der Waals surface area contributed by atoms with Gasteiger partial charge in [-0.25, -0.2) is 4.98 Å². The maximum Gasteiger partial charge on any atom is 0.109 e. The Morgan fingerprint density at radius 1 is 1.12 bits per heavy atom. The summed E-state index contributed by atoms with van der Waals surface area (Å²) in [5, 5.41) is 0. The highest BCUT2D eigenvalue weighted by Crippen LogP contribution is 2.26. The van der Waals surface area contributed by atoms with Crippen molar-refractivity contribution in [2.24, 2.45) is 0 Å². The third kappa shape index (κ3) is 1.75. The van der Waals surface area contributed by atoms with Gasteiger partial charge in [-0.1, -0.05) is 19.9 Å². The Labute approximate surface area is 101 Å². The molecule has 2 aromatic heterocycles. The van der Waals surface area contributed by atoms with Gasteiger partial charge in [0.25, 0.3) is 0 Å². The summed E-state index contributed by atoms with van der Waals surface area (Å²) in [5.41, 5.74) is 6.07. The van der Waals surface area contributed by atoms with Crippen molar-refractivity contribution in [3.05, 3.63) is 46.3 Å². The van der Waals surface area contributed by atoms with E-state index in [2.05, 4.69) is 40.9 Å². The Kier molecular flexibility index (Phi) is 2.28. The predicted octanol–water partition coefficient (Wildman–Crippen LogP) is 2.73. The Bertz CT molecular complexity index is 567. The smallest absolute Gasteiger partial charge is 0.109 e. The van der Waals surface area contributed by atoms with Gasteiger partial charge in [0, 0.05) is 30.1 Å². The van der Waals surface area contributed by atoms with Crippen molar-refractivity contribution in [2.75, 3.05) is 0 Å². The first-order valence-electron chi connectivity index (χ1n) is 6.16. The van der Waals surface area contributed by atoms with Crippen LogP contribution >= 0.6 is 0 Å². The third-order valence-corrected chi connectivity index (χ3v) is 3.34. The minimum absolute atomic E-state index is 0.457. The standard InChI is InChI=1S/C14H17N3/c1-8(2)14-16-12-6-10-5-4-9(3)15-11(10)7-13(12)17-14/h4-5,8H,6-7H2,1-3H3,(H,16,17). The number of aromatic amines is 1. The molecule has 0 saturated carbocycles. The molecule has 1 aliphatic carbocycles. The van der Waals surface area contributed by atoms with Gasteiger partial charge in [-0.2, -0.15) is 0 Å². The summed E-state index contributed by atoms with van der Waals surface area (Å²) in [6.45, 7) is 6.38. The molecule has 0 amide bonds. The number of fused-ring (bicyclic) bond motifs is 2. The molecule has 3 heteroatoms. The second kappa shape index (κ2) is 3.69. The number of imidazole rings is 1. The van der Waals surface area contributed by atoms with Gasteiger partial charge in [0.05, 0.1) is 11.4 Å². The number of hydrogen-bond donors (Lipinski definition) is 1. The van der Waals surface area contributed by atoms with Crippen LogP contribution in [-0.2, 0) is 12.8 Å². The number of rotatable bonds is 1. The second-order valence-electron chi connectivity index (χ2n) is 5.11. The van der Waals surface area contributed by atoms with Crippen LogP contribution in [-0.4, -0.2) is 15.0 Å². The molecular formula is C14H17N3. The van der Waals surface area contributed by atoms with Gasteiger partial charge >= 0.3 is 0 Å². The molecule has 2 heterocycles. The van der Waals surface area contributed by atoms with Gasteiger partial charge in [0.15, 0.2) is 0 Å². The fourth-order valence-corrected chi connectivity index (χ4v) is 2.33. The zero-order chi connectivity index (χ0) is 12.0. The van der Waals surface area contributed by atoms with Crippen LogP contribution in [0.3, 0.4) is 0 Å². The van der Waals surface area contributed by atoms with Crippen LogP contribution in [0, 0.1) is 6.92 Å². The quantitative estimate of drug-likeness (QED) is 0.694. The minimum Gasteiger partial charge on any atom is -0.345 e. The van der Waals surface area contributed by atoms with Crippen LogP contribution in [0.4, 0.5) is 0 Å². The van der Waals surface area contributed by atoms with Gasteiger partial charge < -0.3 is 4.98 Å². The molecule has 17 heavy (non-hydrogen) atoms. The van der Waals surface area contributed by atoms with E-state index in [-0.39, 0.29) is 0 Å². The Morgan fingerprint density at radius 2 is 1.94 bits per heavy atom. The first-order chi connectivity index (χ1) is 8.13. The molecular weight excluding hydrogens is 210 g/mol. The van der Waals surface area contributed by atoms with E-state index in [0.29, 0.717) is 5.92 Å². The highest BCUT2D eigenvalue weighted by Gasteiger charge is 2.20. The zero-order valence-corrected chi connectivity index (χ0v) is 10.5. The molecule has 1 aliphatic rings. The van der Waals surface area contributed by atoms with Crippen molar-refractivity contribution in [2.45, 2.75) is 39.5 Å². The van der Waals surface area contributed by atoms with Gasteiger partial charge in [-0.05, 0) is 18.6 Å². The first kappa shape index (κ1) is 10.5. The molecule has 3 nitrogen and oxygen atoms in total. The zero-order valence-electron chi connectivity index (χ0n) is 10.5. The molecule has 1 N–H and O–H groups in total. The molecule has 0 fully saturated rings. The third-order valence-electron chi connectivity index (χ3n) is 3.34. The number of nitrogens with one attached hydrogen (secondary N) is 1. The molecule has 88 valence electrons. The summed E-state index contributed by atoms with van der Waals surface area (Å²) < 4.78 is 0. The summed E-state index contributed by atoms with van der Waals surface area (Å²) in [7, 11) is 0. The number of pyridine rings is 1. The fraction of sp³-hybridized carbons (Fsp3) is 0.429. The molecule has 0 aliphatic heterocycles. The lowest BCUT2D eigenvalue weighted by molar-refractivity contribution is 0.788. The summed E-state index contributed by atoms with van der Waals surface area (Å²) in [5.74, 6) is 1.55. The molecule has 0 spiro atoms. The van der Waals surface area contributed by atoms with Crippen LogP contribution in [0.15, 0.2) is 12.1 Å². The van der Waals surface area contributed by atoms with Gasteiger partial charge in [-0.3, -0.25) is 4.98 Å². The minimum atomic E-state index is 0.457. The van der Waals surface area contributed by atoms with Crippen LogP contribution < -0.4 is 0 Å². The van der Waals surface area contributed by atoms with E-state index in [9.17, 15) is 0 Å². The highest BCUT2D eigenvalue weighted by atomic mass is 14.9. The summed E-state index contributed by atoms with van der Waals surface area (Å²) >= 11 is 0. The van der Waals surface area contributed by atoms with Crippen molar-refractivity contribution in [1.29, 1.82) is 0 Å². The van der Waals surface area contributed by atoms with E-state index < -0.39 is 0 Å². The van der Waals surface area contributed by atoms with Crippen LogP contribution in [0.5, 0.6) is 0 Å². The average molecular weight is 227 g/mol. The SMILES string of the molecule is Cc1ccc2c(n1)Cc1[nH]c(C(C)C)nc1C2. The Morgan fingerprint density at radius 3 is 2.71 bits per heavy atom. The number of aryl methyl sites for hydroxylation is 1. The van der Waals surface area contributed by atoms with Gasteiger partial charge in [0.2, 0.25) is 0 Å². The van der Waals surface area contributed by atoms with Crippen molar-refractivity contribution in [3.8, 4) is 0 Å². The van der Waals surface area contributed by atoms with Crippen LogP contribution in [0.1, 0.15) is 53.9 Å². The lowest BCUT2D eigenvalue weighted by atomic mass is 9.96. The largest absolute Gasteiger partial charge is 0.345 e. The first-order valence-corrected chi connectivity index (χ1v) is 6.16. The molecule has 0 saturated heterocycles. The van der Waals surface area contributed by atoms with Crippen LogP contribution in [0.2, 0.25) is 0 Å². The average Bonchev–Trinajstić information content (AvgIpc) is 2.68. The summed E-state index contributed by atoms with van der Waals surface area (Å²) in [4.78, 5) is 12.7. The molecule has 0 aromatic carbocycles. The fourth-order valence-electron chi connectivity index (χ4n) is 2.33. The molecule has 3 rings (SSSR count). The lowest BCUT2D eigenvalue weighted by Crippen LogP contribution is -2.09. The van der Waals surface area contributed by atoms with E-state index in [4.69, 9.17) is 0 Å². The Balaban J connectivity index is 2.02. The number of nitrogens with zero attached hydrogens (tertiary/aromatic N) is 2. The predicted molar refractivity (Wildman–Crippen MR) is 67.3 cm³/mol. The van der Waals surface area contributed by atoms with Crippen LogP contribution in [0.25, 0.3) is 0 Å². The summed E-state index contributed by atoms with van der Waals surface area (Å²) in [6, 6.07) is 4.27. The van der Waals surface area contributed by atoms with Gasteiger partial charge in [-0.15, -0.1) is 0 Å². The molecule has 2 aromatic rings. The summed E-state index contributed by atoms with van der Waals surface area (Å²) in [6.07, 6.45) is 1.81. The normalized spacial score (nSPS) is 13.6. The van der Waals surface area contributed by atoms with E-state index >= 15 is 0 Å². The van der Waals surface area contributed by atoms with Crippen molar-refractivity contribution in [3.63, 3.8) is 0 Å². The number of H-pyrrole nitrogens is 1. The lowest BCUT2D eigenvalue weighted by Gasteiger charge is -2.14. The Hall–Kier alpha value is -1.64. The molecule has 0 bridgehead atoms. The highest BCUT2D eigenvalue weighted by molar-refractivity contribution is 5.37. The van der Waals surface area contributed by atoms with E-state index in [1.54, 1.807) is 0 Å². The topological polar surface area (TPSA) is 41.6 Å². The monoisotopic (exact) mass is 227 g/mol. The molecule has 0 unspecified atom stereocenters. The van der Waals surface area contributed by atoms with E-state index in [1.807, 2.05) is 6.92 Å². The van der Waals surface area contributed by atoms with E-state index in [1.165, 1.54) is 22.6 Å². The number of aromatic nitrogens is 3. The maximum absolute atomic E-state index is 4.69. The van der Waals surface area contributed by atoms with Crippen molar-refractivity contribution in [1.82, 2.24) is 15.0 Å². The van der Waals surface area contributed by atoms with Gasteiger partial charge in [0.1, 0.15) is 5.82 Å². The second-order valence-corrected chi connectivity index (χ2v) is 5.11. The maximum atomic E-state index is 4.69. The van der Waals surface area contributed by atoms with E-state index in [0.717, 1.165) is 24.4 Å². The molecule has 0 atom stereocenters. The van der Waals surface area contributed by atoms with Crippen molar-refractivity contribution >= 4 is 0 Å².